The van der Waals surface area contributed by atoms with Gasteiger partial charge < -0.3 is 0 Å². The third kappa shape index (κ3) is 23.0. The second kappa shape index (κ2) is 21.7. The molecule has 0 aromatic carbocycles. The van der Waals surface area contributed by atoms with Crippen molar-refractivity contribution in [2.24, 2.45) is 0 Å². The highest BCUT2D eigenvalue weighted by Gasteiger charge is 2.23. The fourth-order valence-electron chi connectivity index (χ4n) is 3.52. The maximum atomic E-state index is 12.1. The zero-order valence-electron chi connectivity index (χ0n) is 25.0. The Bertz CT molecular complexity index is 876. The molecular weight excluding hydrogens is 495 g/mol. The summed E-state index contributed by atoms with van der Waals surface area (Å²) >= 11 is 0. The number of hydrogen-bond acceptors (Lipinski definition) is 5. The Labute approximate surface area is 232 Å². The summed E-state index contributed by atoms with van der Waals surface area (Å²) < 4.78 is 21.9. The molecule has 0 spiro atoms. The molecule has 0 aliphatic rings. The minimum Gasteiger partial charge on any atom is -0.292 e. The van der Waals surface area contributed by atoms with Gasteiger partial charge in [0.1, 0.15) is 0 Å². The van der Waals surface area contributed by atoms with Gasteiger partial charge in [-0.25, -0.2) is 0 Å². The Morgan fingerprint density at radius 1 is 0.526 bits per heavy atom. The molecule has 0 amide bonds. The van der Waals surface area contributed by atoms with Gasteiger partial charge in [0.15, 0.2) is 24.8 Å². The quantitative estimate of drug-likeness (QED) is 0.0865. The first-order chi connectivity index (χ1) is 17.9. The Morgan fingerprint density at radius 2 is 0.842 bits per heavy atom. The summed E-state index contributed by atoms with van der Waals surface area (Å²) in [7, 11) is -2.54. The monoisotopic (exact) mass is 545 g/mol. The predicted molar refractivity (Wildman–Crippen MR) is 160 cm³/mol. The number of carbonyl (C=O) groups excluding carboxylic acids is 2. The van der Waals surface area contributed by atoms with Crippen molar-refractivity contribution in [1.82, 2.24) is 0 Å². The van der Waals surface area contributed by atoms with Crippen LogP contribution in [0.25, 0.3) is 0 Å². The van der Waals surface area contributed by atoms with Gasteiger partial charge in [0.25, 0.3) is 0 Å². The van der Waals surface area contributed by atoms with E-state index in [1.165, 1.54) is 34.4 Å². The SMILES string of the molecule is CC(C)=CCC/C(C)=C/CC/C(C)=C/C(=O)CO[P+](=O)OCC(=O)/C=C(\C)CC/C=C(\C)CCC=C(C)C. The molecule has 0 radical (unpaired) electrons. The van der Waals surface area contributed by atoms with Crippen LogP contribution in [0.2, 0.25) is 0 Å². The highest BCUT2D eigenvalue weighted by Crippen LogP contribution is 2.23. The summed E-state index contributed by atoms with van der Waals surface area (Å²) in [6.45, 7) is 15.8. The van der Waals surface area contributed by atoms with Crippen LogP contribution in [-0.4, -0.2) is 24.8 Å². The smallest absolute Gasteiger partial charge is 0.292 e. The summed E-state index contributed by atoms with van der Waals surface area (Å²) in [6, 6.07) is 0. The van der Waals surface area contributed by atoms with Crippen LogP contribution >= 0.6 is 8.25 Å². The van der Waals surface area contributed by atoms with E-state index in [-0.39, 0.29) is 24.8 Å². The van der Waals surface area contributed by atoms with Crippen LogP contribution < -0.4 is 0 Å². The fraction of sp³-hybridized carbons (Fsp3) is 0.562. The summed E-state index contributed by atoms with van der Waals surface area (Å²) in [5, 5.41) is 0. The number of carbonyl (C=O) groups is 2. The maximum absolute atomic E-state index is 12.1. The van der Waals surface area contributed by atoms with Crippen LogP contribution in [0, 0.1) is 0 Å². The van der Waals surface area contributed by atoms with Crippen molar-refractivity contribution in [1.29, 1.82) is 0 Å². The van der Waals surface area contributed by atoms with E-state index in [0.29, 0.717) is 0 Å². The second-order valence-corrected chi connectivity index (χ2v) is 11.5. The van der Waals surface area contributed by atoms with E-state index < -0.39 is 8.25 Å². The van der Waals surface area contributed by atoms with Gasteiger partial charge in [-0.05, 0) is 119 Å². The molecule has 212 valence electrons. The average molecular weight is 546 g/mol. The fourth-order valence-corrected chi connectivity index (χ4v) is 4.06. The lowest BCUT2D eigenvalue weighted by Crippen LogP contribution is -2.06. The van der Waals surface area contributed by atoms with Crippen LogP contribution in [0.3, 0.4) is 0 Å². The molecule has 0 saturated carbocycles. The van der Waals surface area contributed by atoms with E-state index >= 15 is 0 Å². The standard InChI is InChI=1S/C32H50O5P/c1-25(2)13-9-15-27(5)17-11-19-29(7)21-31(33)23-36-38(35)37-24-32(34)22-30(8)20-12-18-28(6)16-10-14-26(3)4/h13-14,17-18,21-22H,9-12,15-16,19-20,23-24H2,1-8H3/q+1/b27-17+,28-18+,29-21+,30-22+. The lowest BCUT2D eigenvalue weighted by molar-refractivity contribution is -0.116. The Morgan fingerprint density at radius 3 is 1.18 bits per heavy atom. The van der Waals surface area contributed by atoms with Crippen LogP contribution in [0.5, 0.6) is 0 Å². The molecule has 0 N–H and O–H groups in total. The van der Waals surface area contributed by atoms with E-state index in [1.54, 1.807) is 0 Å². The first-order valence-corrected chi connectivity index (χ1v) is 14.7. The largest absolute Gasteiger partial charge is 0.698 e. The van der Waals surface area contributed by atoms with Gasteiger partial charge in [-0.3, -0.25) is 9.59 Å². The van der Waals surface area contributed by atoms with Crippen LogP contribution in [0.4, 0.5) is 0 Å². The summed E-state index contributed by atoms with van der Waals surface area (Å²) in [4.78, 5) is 24.2. The topological polar surface area (TPSA) is 69.7 Å². The van der Waals surface area contributed by atoms with Gasteiger partial charge in [0, 0.05) is 4.57 Å². The van der Waals surface area contributed by atoms with Crippen molar-refractivity contribution in [3.8, 4) is 0 Å². The lowest BCUT2D eigenvalue weighted by atomic mass is 10.1. The predicted octanol–water partition coefficient (Wildman–Crippen LogP) is 9.65. The molecular formula is C32H50O5P+. The molecule has 0 atom stereocenters. The summed E-state index contributed by atoms with van der Waals surface area (Å²) in [5.74, 6) is -0.546. The van der Waals surface area contributed by atoms with Gasteiger partial charge >= 0.3 is 8.25 Å². The highest BCUT2D eigenvalue weighted by molar-refractivity contribution is 7.33. The third-order valence-electron chi connectivity index (χ3n) is 5.68. The van der Waals surface area contributed by atoms with E-state index in [9.17, 15) is 14.2 Å². The Balaban J connectivity index is 4.27. The molecule has 0 saturated heterocycles. The van der Waals surface area contributed by atoms with Crippen molar-refractivity contribution in [2.45, 2.75) is 107 Å². The molecule has 0 heterocycles. The van der Waals surface area contributed by atoms with Crippen molar-refractivity contribution in [3.05, 3.63) is 69.9 Å². The molecule has 0 aromatic rings. The molecule has 6 heteroatoms. The molecule has 0 rings (SSSR count). The first kappa shape index (κ1) is 35.8. The van der Waals surface area contributed by atoms with E-state index in [0.717, 1.165) is 62.5 Å². The molecule has 0 aromatic heterocycles. The zero-order valence-corrected chi connectivity index (χ0v) is 25.9. The number of hydrogen-bond donors (Lipinski definition) is 0. The van der Waals surface area contributed by atoms with Gasteiger partial charge in [-0.15, -0.1) is 9.05 Å². The average Bonchev–Trinajstić information content (AvgIpc) is 2.80. The van der Waals surface area contributed by atoms with E-state index in [2.05, 4.69) is 65.8 Å². The molecule has 0 aliphatic heterocycles. The minimum atomic E-state index is -2.54. The third-order valence-corrected chi connectivity index (χ3v) is 6.36. The minimum absolute atomic E-state index is 0.273. The molecule has 0 bridgehead atoms. The van der Waals surface area contributed by atoms with Crippen molar-refractivity contribution in [3.63, 3.8) is 0 Å². The molecule has 38 heavy (non-hydrogen) atoms. The lowest BCUT2D eigenvalue weighted by Gasteiger charge is -2.01. The van der Waals surface area contributed by atoms with Gasteiger partial charge in [0.05, 0.1) is 0 Å². The second-order valence-electron chi connectivity index (χ2n) is 10.5. The molecule has 5 nitrogen and oxygen atoms in total. The molecule has 0 aliphatic carbocycles. The number of rotatable bonds is 20. The number of allylic oxidation sites excluding steroid dienone is 10. The number of ketones is 2. The van der Waals surface area contributed by atoms with Gasteiger partial charge in [-0.1, -0.05) is 57.7 Å². The normalized spacial score (nSPS) is 13.3. The van der Waals surface area contributed by atoms with Crippen molar-refractivity contribution < 1.29 is 23.2 Å². The van der Waals surface area contributed by atoms with E-state index in [4.69, 9.17) is 9.05 Å². The first-order valence-electron chi connectivity index (χ1n) is 13.6. The highest BCUT2D eigenvalue weighted by atomic mass is 31.1. The van der Waals surface area contributed by atoms with Crippen LogP contribution in [-0.2, 0) is 23.2 Å². The van der Waals surface area contributed by atoms with E-state index in [1.807, 2.05) is 13.8 Å². The zero-order chi connectivity index (χ0) is 28.9. The van der Waals surface area contributed by atoms with Crippen LogP contribution in [0.1, 0.15) is 107 Å². The Kier molecular flexibility index (Phi) is 20.4. The van der Waals surface area contributed by atoms with Crippen molar-refractivity contribution >= 4 is 19.8 Å². The molecule has 0 fully saturated rings. The van der Waals surface area contributed by atoms with Crippen molar-refractivity contribution in [2.75, 3.05) is 13.2 Å². The summed E-state index contributed by atoms with van der Waals surface area (Å²) in [5.41, 5.74) is 7.23. The maximum Gasteiger partial charge on any atom is 0.698 e. The van der Waals surface area contributed by atoms with Gasteiger partial charge in [0.2, 0.25) is 0 Å². The Hall–Kier alpha value is -2.20. The summed E-state index contributed by atoms with van der Waals surface area (Å²) in [6.07, 6.45) is 19.4. The van der Waals surface area contributed by atoms with Crippen LogP contribution in [0.15, 0.2) is 69.9 Å². The molecule has 0 unspecified atom stereocenters. The van der Waals surface area contributed by atoms with Gasteiger partial charge in [-0.2, -0.15) is 0 Å².